The molecule has 29 heavy (non-hydrogen) atoms. The maximum atomic E-state index is 9.07. The van der Waals surface area contributed by atoms with Crippen LogP contribution in [-0.4, -0.2) is 41.1 Å². The second-order valence-electron chi connectivity index (χ2n) is 6.74. The Kier molecular flexibility index (Phi) is 4.46. The summed E-state index contributed by atoms with van der Waals surface area (Å²) in [6, 6.07) is 11.7. The third-order valence-corrected chi connectivity index (χ3v) is 5.31. The zero-order valence-corrected chi connectivity index (χ0v) is 16.2. The van der Waals surface area contributed by atoms with Crippen molar-refractivity contribution in [1.82, 2.24) is 29.4 Å². The summed E-state index contributed by atoms with van der Waals surface area (Å²) in [5, 5.41) is 19.7. The first-order chi connectivity index (χ1) is 14.2. The minimum absolute atomic E-state index is 0.0429. The number of aromatic nitrogens is 6. The molecule has 0 radical (unpaired) electrons. The Morgan fingerprint density at radius 1 is 1.03 bits per heavy atom. The normalized spacial score (nSPS) is 11.5. The highest BCUT2D eigenvalue weighted by Gasteiger charge is 2.12. The zero-order chi connectivity index (χ0) is 19.8. The van der Waals surface area contributed by atoms with Crippen molar-refractivity contribution in [3.8, 4) is 11.3 Å². The van der Waals surface area contributed by atoms with E-state index in [1.54, 1.807) is 17.1 Å². The number of benzene rings is 1. The molecule has 0 aliphatic rings. The van der Waals surface area contributed by atoms with Crippen LogP contribution in [-0.2, 0) is 13.0 Å². The van der Waals surface area contributed by atoms with Gasteiger partial charge in [0.15, 0.2) is 5.65 Å². The Morgan fingerprint density at radius 2 is 1.97 bits per heavy atom. The SMILES string of the molecule is OCCn1cc(-c2ccc3ncc(Cc4ccc5ncccc5c4Cl)n3n2)cn1. The molecule has 1 aromatic carbocycles. The summed E-state index contributed by atoms with van der Waals surface area (Å²) in [6.45, 7) is 0.495. The van der Waals surface area contributed by atoms with Crippen LogP contribution in [0.25, 0.3) is 27.8 Å². The van der Waals surface area contributed by atoms with E-state index >= 15 is 0 Å². The van der Waals surface area contributed by atoms with Crippen molar-refractivity contribution in [3.63, 3.8) is 0 Å². The predicted octanol–water partition coefficient (Wildman–Crippen LogP) is 3.38. The quantitative estimate of drug-likeness (QED) is 0.485. The number of pyridine rings is 1. The molecule has 4 aromatic heterocycles. The van der Waals surface area contributed by atoms with Crippen molar-refractivity contribution in [3.05, 3.63) is 77.5 Å². The summed E-state index contributed by atoms with van der Waals surface area (Å²) < 4.78 is 3.53. The van der Waals surface area contributed by atoms with Gasteiger partial charge in [-0.2, -0.15) is 10.2 Å². The second kappa shape index (κ2) is 7.27. The molecule has 7 nitrogen and oxygen atoms in total. The standard InChI is InChI=1S/C21H17ClN6O/c22-21-14(3-4-19-17(21)2-1-7-23-19)10-16-12-24-20-6-5-18(26-28(16)20)15-11-25-27(13-15)8-9-29/h1-7,11-13,29H,8-10H2. The van der Waals surface area contributed by atoms with Gasteiger partial charge in [-0.05, 0) is 35.9 Å². The molecule has 0 fully saturated rings. The molecule has 0 unspecified atom stereocenters. The van der Waals surface area contributed by atoms with E-state index in [2.05, 4.69) is 15.1 Å². The molecule has 5 aromatic rings. The second-order valence-corrected chi connectivity index (χ2v) is 7.12. The van der Waals surface area contributed by atoms with Gasteiger partial charge in [-0.1, -0.05) is 17.7 Å². The van der Waals surface area contributed by atoms with Crippen molar-refractivity contribution in [2.75, 3.05) is 6.61 Å². The molecule has 4 heterocycles. The van der Waals surface area contributed by atoms with E-state index in [0.29, 0.717) is 18.0 Å². The number of hydrogen-bond donors (Lipinski definition) is 1. The van der Waals surface area contributed by atoms with Gasteiger partial charge in [-0.25, -0.2) is 9.50 Å². The molecule has 0 saturated heterocycles. The van der Waals surface area contributed by atoms with Crippen molar-refractivity contribution >= 4 is 28.2 Å². The highest BCUT2D eigenvalue weighted by Crippen LogP contribution is 2.28. The Bertz CT molecular complexity index is 1330. The molecule has 0 saturated carbocycles. The third kappa shape index (κ3) is 3.24. The molecule has 0 amide bonds. The van der Waals surface area contributed by atoms with E-state index in [9.17, 15) is 0 Å². The van der Waals surface area contributed by atoms with E-state index in [4.69, 9.17) is 21.8 Å². The maximum Gasteiger partial charge on any atom is 0.153 e. The van der Waals surface area contributed by atoms with Crippen molar-refractivity contribution in [2.45, 2.75) is 13.0 Å². The Labute approximate surface area is 171 Å². The zero-order valence-electron chi connectivity index (χ0n) is 15.4. The first-order valence-electron chi connectivity index (χ1n) is 9.22. The van der Waals surface area contributed by atoms with E-state index in [-0.39, 0.29) is 6.61 Å². The number of rotatable bonds is 5. The molecular weight excluding hydrogens is 388 g/mol. The Balaban J connectivity index is 1.53. The molecule has 0 aliphatic heterocycles. The summed E-state index contributed by atoms with van der Waals surface area (Å²) in [4.78, 5) is 8.82. The first-order valence-corrected chi connectivity index (χ1v) is 9.60. The van der Waals surface area contributed by atoms with E-state index in [1.165, 1.54) is 0 Å². The van der Waals surface area contributed by atoms with Crippen molar-refractivity contribution < 1.29 is 5.11 Å². The minimum atomic E-state index is 0.0429. The van der Waals surface area contributed by atoms with Crippen molar-refractivity contribution in [2.24, 2.45) is 0 Å². The van der Waals surface area contributed by atoms with Gasteiger partial charge >= 0.3 is 0 Å². The molecule has 8 heteroatoms. The van der Waals surface area contributed by atoms with Crippen LogP contribution < -0.4 is 0 Å². The van der Waals surface area contributed by atoms with Crippen molar-refractivity contribution in [1.29, 1.82) is 0 Å². The summed E-state index contributed by atoms with van der Waals surface area (Å²) in [6.07, 6.45) is 7.80. The molecule has 144 valence electrons. The average Bonchev–Trinajstić information content (AvgIpc) is 3.37. The number of fused-ring (bicyclic) bond motifs is 2. The van der Waals surface area contributed by atoms with Crippen LogP contribution in [0.4, 0.5) is 0 Å². The van der Waals surface area contributed by atoms with Crippen LogP contribution in [0.3, 0.4) is 0 Å². The summed E-state index contributed by atoms with van der Waals surface area (Å²) >= 11 is 6.65. The topological polar surface area (TPSA) is 81.1 Å². The van der Waals surface area contributed by atoms with Crippen LogP contribution in [0.1, 0.15) is 11.3 Å². The molecular formula is C21H17ClN6O. The lowest BCUT2D eigenvalue weighted by atomic mass is 10.1. The van der Waals surface area contributed by atoms with Gasteiger partial charge < -0.3 is 5.11 Å². The van der Waals surface area contributed by atoms with Crippen LogP contribution in [0.5, 0.6) is 0 Å². The highest BCUT2D eigenvalue weighted by atomic mass is 35.5. The van der Waals surface area contributed by atoms with Gasteiger partial charge in [-0.15, -0.1) is 0 Å². The lowest BCUT2D eigenvalue weighted by Crippen LogP contribution is -2.02. The molecule has 0 spiro atoms. The molecule has 0 aliphatic carbocycles. The van der Waals surface area contributed by atoms with E-state index < -0.39 is 0 Å². The van der Waals surface area contributed by atoms with Crippen LogP contribution in [0, 0.1) is 0 Å². The number of aliphatic hydroxyl groups is 1. The van der Waals surface area contributed by atoms with Crippen LogP contribution >= 0.6 is 11.6 Å². The number of halogens is 1. The van der Waals surface area contributed by atoms with E-state index in [0.717, 1.165) is 39.1 Å². The monoisotopic (exact) mass is 404 g/mol. The predicted molar refractivity (Wildman–Crippen MR) is 111 cm³/mol. The molecule has 0 atom stereocenters. The number of imidazole rings is 1. The van der Waals surface area contributed by atoms with Crippen LogP contribution in [0.2, 0.25) is 5.02 Å². The number of aliphatic hydroxyl groups excluding tert-OH is 1. The van der Waals surface area contributed by atoms with Gasteiger partial charge in [0.25, 0.3) is 0 Å². The summed E-state index contributed by atoms with van der Waals surface area (Å²) in [7, 11) is 0. The number of nitrogens with zero attached hydrogens (tertiary/aromatic N) is 6. The molecule has 0 bridgehead atoms. The maximum absolute atomic E-state index is 9.07. The van der Waals surface area contributed by atoms with Gasteiger partial charge in [0.1, 0.15) is 0 Å². The fourth-order valence-corrected chi connectivity index (χ4v) is 3.70. The van der Waals surface area contributed by atoms with Gasteiger partial charge in [-0.3, -0.25) is 9.67 Å². The fraction of sp³-hybridized carbons (Fsp3) is 0.143. The smallest absolute Gasteiger partial charge is 0.153 e. The Morgan fingerprint density at radius 3 is 2.86 bits per heavy atom. The van der Waals surface area contributed by atoms with Gasteiger partial charge in [0.2, 0.25) is 0 Å². The largest absolute Gasteiger partial charge is 0.394 e. The average molecular weight is 405 g/mol. The summed E-state index contributed by atoms with van der Waals surface area (Å²) in [5.74, 6) is 0. The first kappa shape index (κ1) is 17.8. The minimum Gasteiger partial charge on any atom is -0.394 e. The van der Waals surface area contributed by atoms with Gasteiger partial charge in [0, 0.05) is 29.8 Å². The van der Waals surface area contributed by atoms with Crippen LogP contribution in [0.15, 0.2) is 61.2 Å². The highest BCUT2D eigenvalue weighted by molar-refractivity contribution is 6.36. The summed E-state index contributed by atoms with van der Waals surface area (Å²) in [5.41, 5.74) is 5.25. The third-order valence-electron chi connectivity index (χ3n) is 4.86. The fourth-order valence-electron chi connectivity index (χ4n) is 3.41. The lowest BCUT2D eigenvalue weighted by molar-refractivity contribution is 0.269. The van der Waals surface area contributed by atoms with E-state index in [1.807, 2.05) is 53.3 Å². The molecule has 5 rings (SSSR count). The van der Waals surface area contributed by atoms with Gasteiger partial charge in [0.05, 0.1) is 47.5 Å². The Hall–Kier alpha value is -3.29. The molecule has 1 N–H and O–H groups in total. The number of hydrogen-bond acceptors (Lipinski definition) is 5. The lowest BCUT2D eigenvalue weighted by Gasteiger charge is -2.07.